The topological polar surface area (TPSA) is 35.6 Å². The van der Waals surface area contributed by atoms with Crippen LogP contribution in [-0.2, 0) is 11.3 Å². The molecule has 1 aromatic rings. The van der Waals surface area contributed by atoms with Crippen LogP contribution in [0.1, 0.15) is 52.0 Å². The van der Waals surface area contributed by atoms with Crippen LogP contribution in [-0.4, -0.2) is 54.5 Å². The van der Waals surface area contributed by atoms with Gasteiger partial charge in [0.2, 0.25) is 5.91 Å². The minimum absolute atomic E-state index is 0.173. The summed E-state index contributed by atoms with van der Waals surface area (Å²) < 4.78 is 0. The number of nitrogens with zero attached hydrogens (tertiary/aromatic N) is 2. The van der Waals surface area contributed by atoms with Crippen LogP contribution in [0.25, 0.3) is 0 Å². The van der Waals surface area contributed by atoms with E-state index in [4.69, 9.17) is 23.2 Å². The number of carbonyl (C=O) groups excluding carboxylic acids is 1. The van der Waals surface area contributed by atoms with Gasteiger partial charge < -0.3 is 5.32 Å². The van der Waals surface area contributed by atoms with Gasteiger partial charge >= 0.3 is 0 Å². The molecule has 3 rings (SSSR count). The molecule has 0 atom stereocenters. The molecule has 1 saturated heterocycles. The Morgan fingerprint density at radius 3 is 2.10 bits per heavy atom. The lowest BCUT2D eigenvalue weighted by atomic mass is 9.71. The van der Waals surface area contributed by atoms with Gasteiger partial charge in [0.25, 0.3) is 0 Å². The molecule has 2 aliphatic rings. The molecule has 0 radical (unpaired) electrons. The number of halogens is 2. The molecular formula is C23H35Cl2N3O. The standard InChI is InChI=1S/C23H35Cl2N3O/c1-23(2,3)17-7-9-18(10-8-17)26-22(29)16-28-13-11-27(12-14-28)15-19-20(24)5-4-6-21(19)25/h4-6,17-18H,7-16H2,1-3H3,(H,26,29). The van der Waals surface area contributed by atoms with Gasteiger partial charge in [-0.3, -0.25) is 14.6 Å². The zero-order chi connectivity index (χ0) is 21.0. The van der Waals surface area contributed by atoms with Gasteiger partial charge in [0.1, 0.15) is 0 Å². The molecule has 1 saturated carbocycles. The first kappa shape index (κ1) is 22.9. The van der Waals surface area contributed by atoms with Crippen molar-refractivity contribution in [2.24, 2.45) is 11.3 Å². The summed E-state index contributed by atoms with van der Waals surface area (Å²) in [4.78, 5) is 17.1. The quantitative estimate of drug-likeness (QED) is 0.712. The lowest BCUT2D eigenvalue weighted by molar-refractivity contribution is -0.123. The Balaban J connectivity index is 1.38. The van der Waals surface area contributed by atoms with E-state index in [1.807, 2.05) is 18.2 Å². The molecule has 4 nitrogen and oxygen atoms in total. The number of carbonyl (C=O) groups is 1. The number of hydrogen-bond donors (Lipinski definition) is 1. The lowest BCUT2D eigenvalue weighted by Gasteiger charge is -2.38. The van der Waals surface area contributed by atoms with E-state index in [2.05, 4.69) is 35.9 Å². The second-order valence-corrected chi connectivity index (χ2v) is 10.5. The van der Waals surface area contributed by atoms with E-state index >= 15 is 0 Å². The van der Waals surface area contributed by atoms with Crippen molar-refractivity contribution in [2.75, 3.05) is 32.7 Å². The van der Waals surface area contributed by atoms with Gasteiger partial charge in [-0.2, -0.15) is 0 Å². The van der Waals surface area contributed by atoms with Gasteiger partial charge in [0.15, 0.2) is 0 Å². The Labute approximate surface area is 185 Å². The summed E-state index contributed by atoms with van der Waals surface area (Å²) in [6.07, 6.45) is 4.66. The highest BCUT2D eigenvalue weighted by molar-refractivity contribution is 6.35. The van der Waals surface area contributed by atoms with E-state index in [0.717, 1.165) is 67.1 Å². The molecule has 1 N–H and O–H groups in total. The molecule has 162 valence electrons. The molecule has 1 aliphatic carbocycles. The summed E-state index contributed by atoms with van der Waals surface area (Å²) in [6.45, 7) is 11.9. The smallest absolute Gasteiger partial charge is 0.234 e. The highest BCUT2D eigenvalue weighted by Gasteiger charge is 2.30. The number of hydrogen-bond acceptors (Lipinski definition) is 3. The lowest BCUT2D eigenvalue weighted by Crippen LogP contribution is -2.50. The van der Waals surface area contributed by atoms with Crippen LogP contribution in [0, 0.1) is 11.3 Å². The summed E-state index contributed by atoms with van der Waals surface area (Å²) in [6, 6.07) is 6.00. The molecule has 1 aliphatic heterocycles. The monoisotopic (exact) mass is 439 g/mol. The fraction of sp³-hybridized carbons (Fsp3) is 0.696. The molecule has 0 aromatic heterocycles. The highest BCUT2D eigenvalue weighted by Crippen LogP contribution is 2.37. The van der Waals surface area contributed by atoms with Crippen molar-refractivity contribution in [3.05, 3.63) is 33.8 Å². The summed E-state index contributed by atoms with van der Waals surface area (Å²) >= 11 is 12.6. The van der Waals surface area contributed by atoms with Crippen LogP contribution in [0.4, 0.5) is 0 Å². The summed E-state index contributed by atoms with van der Waals surface area (Å²) in [5, 5.41) is 4.72. The van der Waals surface area contributed by atoms with Gasteiger partial charge in [0, 0.05) is 54.4 Å². The van der Waals surface area contributed by atoms with E-state index in [1.165, 1.54) is 12.8 Å². The normalized spacial score (nSPS) is 24.4. The maximum absolute atomic E-state index is 12.5. The zero-order valence-corrected chi connectivity index (χ0v) is 19.5. The molecule has 1 aromatic carbocycles. The number of amides is 1. The fourth-order valence-electron chi connectivity index (χ4n) is 4.59. The Morgan fingerprint density at radius 2 is 1.55 bits per heavy atom. The number of nitrogens with one attached hydrogen (secondary N) is 1. The van der Waals surface area contributed by atoms with Gasteiger partial charge in [-0.1, -0.05) is 50.0 Å². The summed E-state index contributed by atoms with van der Waals surface area (Å²) in [5.74, 6) is 0.946. The van der Waals surface area contributed by atoms with Crippen molar-refractivity contribution in [1.29, 1.82) is 0 Å². The minimum atomic E-state index is 0.173. The fourth-order valence-corrected chi connectivity index (χ4v) is 5.11. The molecule has 0 bridgehead atoms. The minimum Gasteiger partial charge on any atom is -0.352 e. The SMILES string of the molecule is CC(C)(C)C1CCC(NC(=O)CN2CCN(Cc3c(Cl)cccc3Cl)CC2)CC1. The first-order valence-electron chi connectivity index (χ1n) is 10.9. The van der Waals surface area contributed by atoms with Crippen molar-refractivity contribution in [1.82, 2.24) is 15.1 Å². The second-order valence-electron chi connectivity index (χ2n) is 9.73. The second kappa shape index (κ2) is 10.00. The molecule has 1 heterocycles. The highest BCUT2D eigenvalue weighted by atomic mass is 35.5. The van der Waals surface area contributed by atoms with E-state index in [-0.39, 0.29) is 5.91 Å². The average molecular weight is 440 g/mol. The van der Waals surface area contributed by atoms with E-state index in [1.54, 1.807) is 0 Å². The van der Waals surface area contributed by atoms with Crippen LogP contribution >= 0.6 is 23.2 Å². The Bertz CT molecular complexity index is 668. The predicted octanol–water partition coefficient (Wildman–Crippen LogP) is 4.83. The van der Waals surface area contributed by atoms with Crippen LogP contribution < -0.4 is 5.32 Å². The third kappa shape index (κ3) is 6.58. The third-order valence-electron chi connectivity index (χ3n) is 6.59. The van der Waals surface area contributed by atoms with E-state index in [0.29, 0.717) is 18.0 Å². The van der Waals surface area contributed by atoms with Gasteiger partial charge in [-0.05, 0) is 49.1 Å². The Hall–Kier alpha value is -0.810. The first-order chi connectivity index (χ1) is 13.7. The largest absolute Gasteiger partial charge is 0.352 e. The van der Waals surface area contributed by atoms with Crippen LogP contribution in [0.3, 0.4) is 0 Å². The van der Waals surface area contributed by atoms with Gasteiger partial charge in [-0.15, -0.1) is 0 Å². The van der Waals surface area contributed by atoms with Crippen molar-refractivity contribution in [3.63, 3.8) is 0 Å². The zero-order valence-electron chi connectivity index (χ0n) is 18.0. The third-order valence-corrected chi connectivity index (χ3v) is 7.30. The first-order valence-corrected chi connectivity index (χ1v) is 11.6. The van der Waals surface area contributed by atoms with Gasteiger partial charge in [0.05, 0.1) is 6.54 Å². The number of benzene rings is 1. The van der Waals surface area contributed by atoms with Crippen LogP contribution in [0.5, 0.6) is 0 Å². The molecule has 1 amide bonds. The van der Waals surface area contributed by atoms with Crippen LogP contribution in [0.2, 0.25) is 10.0 Å². The maximum Gasteiger partial charge on any atom is 0.234 e. The number of rotatable bonds is 5. The van der Waals surface area contributed by atoms with E-state index in [9.17, 15) is 4.79 Å². The average Bonchev–Trinajstić information content (AvgIpc) is 2.66. The molecule has 2 fully saturated rings. The summed E-state index contributed by atoms with van der Waals surface area (Å²) in [7, 11) is 0. The maximum atomic E-state index is 12.5. The Kier molecular flexibility index (Phi) is 7.88. The van der Waals surface area contributed by atoms with Crippen molar-refractivity contribution in [2.45, 2.75) is 59.0 Å². The molecular weight excluding hydrogens is 405 g/mol. The predicted molar refractivity (Wildman–Crippen MR) is 122 cm³/mol. The molecule has 6 heteroatoms. The van der Waals surface area contributed by atoms with Crippen molar-refractivity contribution >= 4 is 29.1 Å². The molecule has 0 spiro atoms. The van der Waals surface area contributed by atoms with Gasteiger partial charge in [-0.25, -0.2) is 0 Å². The van der Waals surface area contributed by atoms with Crippen LogP contribution in [0.15, 0.2) is 18.2 Å². The van der Waals surface area contributed by atoms with E-state index < -0.39 is 0 Å². The summed E-state index contributed by atoms with van der Waals surface area (Å²) in [5.41, 5.74) is 1.37. The Morgan fingerprint density at radius 1 is 1.00 bits per heavy atom. The number of piperazine rings is 1. The molecule has 0 unspecified atom stereocenters. The van der Waals surface area contributed by atoms with Crippen molar-refractivity contribution < 1.29 is 4.79 Å². The molecule has 29 heavy (non-hydrogen) atoms. The van der Waals surface area contributed by atoms with Crippen molar-refractivity contribution in [3.8, 4) is 0 Å².